The number of nitrogens with zero attached hydrogens (tertiary/aromatic N) is 1. The van der Waals surface area contributed by atoms with E-state index < -0.39 is 16.8 Å². The highest BCUT2D eigenvalue weighted by Gasteiger charge is 2.36. The summed E-state index contributed by atoms with van der Waals surface area (Å²) in [5, 5.41) is -0.417. The van der Waals surface area contributed by atoms with E-state index in [0.717, 1.165) is 23.9 Å². The molecule has 1 fully saturated rings. The molecule has 4 nitrogen and oxygen atoms in total. The number of alkyl halides is 3. The van der Waals surface area contributed by atoms with Crippen LogP contribution in [0, 0.1) is 0 Å². The summed E-state index contributed by atoms with van der Waals surface area (Å²) in [5.41, 5.74) is -1.14. The minimum Gasteiger partial charge on any atom is -0.496 e. The van der Waals surface area contributed by atoms with E-state index in [0.29, 0.717) is 36.9 Å². The molecule has 2 aromatic rings. The normalized spacial score (nSPS) is 14.9. The van der Waals surface area contributed by atoms with Gasteiger partial charge in [-0.2, -0.15) is 13.2 Å². The third-order valence-corrected chi connectivity index (χ3v) is 6.06. The maximum atomic E-state index is 13.8. The van der Waals surface area contributed by atoms with Gasteiger partial charge in [-0.3, -0.25) is 4.79 Å². The summed E-state index contributed by atoms with van der Waals surface area (Å²) < 4.78 is 51.8. The average molecular weight is 458 g/mol. The molecule has 0 aliphatic carbocycles. The fourth-order valence-corrected chi connectivity index (χ4v) is 4.31. The molecule has 1 amide bonds. The fraction of sp³-hybridized carbons (Fsp3) is 0.286. The summed E-state index contributed by atoms with van der Waals surface area (Å²) >= 11 is 7.26. The Hall–Kier alpha value is -2.16. The first-order chi connectivity index (χ1) is 14.3. The number of benzene rings is 2. The maximum Gasteiger partial charge on any atom is 0.418 e. The van der Waals surface area contributed by atoms with Crippen LogP contribution >= 0.6 is 23.4 Å². The van der Waals surface area contributed by atoms with Crippen molar-refractivity contribution in [3.05, 3.63) is 58.6 Å². The monoisotopic (exact) mass is 457 g/mol. The summed E-state index contributed by atoms with van der Waals surface area (Å²) in [6.07, 6.45) is -2.39. The standard InChI is InChI=1S/C21H19ClF3NO3S/c1-28-15-4-2-3-5-16(15)30-17-8-6-14(19(20(17)22)21(23,24)25)7-9-18(27)26-10-12-29-13-11-26/h2-9H,10-13H2,1H3/b9-7+. The summed E-state index contributed by atoms with van der Waals surface area (Å²) in [4.78, 5) is 14.7. The van der Waals surface area contributed by atoms with Gasteiger partial charge in [0.05, 0.1) is 35.8 Å². The van der Waals surface area contributed by atoms with E-state index >= 15 is 0 Å². The first kappa shape index (κ1) is 22.5. The Labute approximate surface area is 181 Å². The number of rotatable bonds is 5. The third-order valence-electron chi connectivity index (χ3n) is 4.44. The molecular weight excluding hydrogens is 439 g/mol. The molecule has 9 heteroatoms. The molecule has 0 atom stereocenters. The minimum absolute atomic E-state index is 0.168. The van der Waals surface area contributed by atoms with Crippen molar-refractivity contribution in [2.24, 2.45) is 0 Å². The number of carbonyl (C=O) groups is 1. The lowest BCUT2D eigenvalue weighted by Crippen LogP contribution is -2.39. The number of ether oxygens (including phenoxy) is 2. The van der Waals surface area contributed by atoms with Crippen molar-refractivity contribution in [1.82, 2.24) is 4.90 Å². The van der Waals surface area contributed by atoms with Gasteiger partial charge >= 0.3 is 6.18 Å². The number of para-hydroxylation sites is 1. The Balaban J connectivity index is 1.92. The van der Waals surface area contributed by atoms with Gasteiger partial charge in [0.15, 0.2) is 0 Å². The smallest absolute Gasteiger partial charge is 0.418 e. The second-order valence-electron chi connectivity index (χ2n) is 6.36. The van der Waals surface area contributed by atoms with Crippen LogP contribution in [0.25, 0.3) is 6.08 Å². The van der Waals surface area contributed by atoms with Crippen LogP contribution in [-0.4, -0.2) is 44.2 Å². The lowest BCUT2D eigenvalue weighted by molar-refractivity contribution is -0.137. The van der Waals surface area contributed by atoms with E-state index in [2.05, 4.69) is 0 Å². The largest absolute Gasteiger partial charge is 0.496 e. The molecule has 1 aliphatic heterocycles. The zero-order valence-electron chi connectivity index (χ0n) is 16.0. The van der Waals surface area contributed by atoms with E-state index in [4.69, 9.17) is 21.1 Å². The molecule has 0 radical (unpaired) electrons. The molecule has 1 aliphatic rings. The van der Waals surface area contributed by atoms with Crippen LogP contribution in [0.15, 0.2) is 52.3 Å². The quantitative estimate of drug-likeness (QED) is 0.564. The lowest BCUT2D eigenvalue weighted by Gasteiger charge is -2.25. The van der Waals surface area contributed by atoms with Crippen molar-refractivity contribution in [2.45, 2.75) is 16.0 Å². The van der Waals surface area contributed by atoms with Gasteiger partial charge in [0.25, 0.3) is 0 Å². The van der Waals surface area contributed by atoms with Gasteiger partial charge < -0.3 is 14.4 Å². The molecule has 0 unspecified atom stereocenters. The first-order valence-corrected chi connectivity index (χ1v) is 10.3. The van der Waals surface area contributed by atoms with Gasteiger partial charge in [-0.15, -0.1) is 0 Å². The highest BCUT2D eigenvalue weighted by atomic mass is 35.5. The van der Waals surface area contributed by atoms with Crippen LogP contribution in [0.2, 0.25) is 5.02 Å². The second kappa shape index (κ2) is 9.76. The number of hydrogen-bond donors (Lipinski definition) is 0. The Kier molecular flexibility index (Phi) is 7.33. The molecule has 0 aromatic heterocycles. The Bertz CT molecular complexity index is 944. The third kappa shape index (κ3) is 5.30. The zero-order valence-corrected chi connectivity index (χ0v) is 17.6. The SMILES string of the molecule is COc1ccccc1Sc1ccc(/C=C/C(=O)N2CCOCC2)c(C(F)(F)F)c1Cl. The molecule has 0 N–H and O–H groups in total. The molecule has 1 heterocycles. The van der Waals surface area contributed by atoms with E-state index in [9.17, 15) is 18.0 Å². The van der Waals surface area contributed by atoms with Crippen molar-refractivity contribution >= 4 is 35.3 Å². The van der Waals surface area contributed by atoms with Crippen LogP contribution in [0.4, 0.5) is 13.2 Å². The second-order valence-corrected chi connectivity index (χ2v) is 7.83. The summed E-state index contributed by atoms with van der Waals surface area (Å²) in [5.74, 6) is 0.169. The predicted octanol–water partition coefficient (Wildman–Crippen LogP) is 5.39. The molecule has 0 spiro atoms. The van der Waals surface area contributed by atoms with E-state index in [1.165, 1.54) is 24.1 Å². The molecule has 30 heavy (non-hydrogen) atoms. The first-order valence-electron chi connectivity index (χ1n) is 9.06. The summed E-state index contributed by atoms with van der Waals surface area (Å²) in [7, 11) is 1.49. The van der Waals surface area contributed by atoms with Crippen LogP contribution in [0.1, 0.15) is 11.1 Å². The number of hydrogen-bond acceptors (Lipinski definition) is 4. The fourth-order valence-electron chi connectivity index (χ4n) is 2.95. The van der Waals surface area contributed by atoms with E-state index in [-0.39, 0.29) is 16.4 Å². The van der Waals surface area contributed by atoms with E-state index in [1.54, 1.807) is 24.3 Å². The van der Waals surface area contributed by atoms with Gasteiger partial charge in [-0.1, -0.05) is 41.6 Å². The molecule has 1 saturated heterocycles. The van der Waals surface area contributed by atoms with Crippen molar-refractivity contribution in [3.63, 3.8) is 0 Å². The molecule has 0 bridgehead atoms. The van der Waals surface area contributed by atoms with Crippen molar-refractivity contribution in [1.29, 1.82) is 0 Å². The highest BCUT2D eigenvalue weighted by Crippen LogP contribution is 2.45. The number of methoxy groups -OCH3 is 1. The van der Waals surface area contributed by atoms with Crippen molar-refractivity contribution < 1.29 is 27.4 Å². The van der Waals surface area contributed by atoms with Crippen LogP contribution in [0.3, 0.4) is 0 Å². The van der Waals surface area contributed by atoms with Gasteiger partial charge in [0.2, 0.25) is 5.91 Å². The number of halogens is 4. The van der Waals surface area contributed by atoms with E-state index in [1.807, 2.05) is 0 Å². The number of carbonyl (C=O) groups excluding carboxylic acids is 1. The van der Waals surface area contributed by atoms with Gasteiger partial charge in [-0.25, -0.2) is 0 Å². The topological polar surface area (TPSA) is 38.8 Å². The maximum absolute atomic E-state index is 13.8. The molecule has 160 valence electrons. The Morgan fingerprint density at radius 3 is 2.53 bits per heavy atom. The molecular formula is C21H19ClF3NO3S. The molecule has 0 saturated carbocycles. The Morgan fingerprint density at radius 2 is 1.87 bits per heavy atom. The Morgan fingerprint density at radius 1 is 1.17 bits per heavy atom. The van der Waals surface area contributed by atoms with Crippen molar-refractivity contribution in [2.75, 3.05) is 33.4 Å². The number of amides is 1. The summed E-state index contributed by atoms with van der Waals surface area (Å²) in [6.45, 7) is 1.64. The average Bonchev–Trinajstić information content (AvgIpc) is 2.73. The van der Waals surface area contributed by atoms with Crippen LogP contribution in [-0.2, 0) is 15.7 Å². The number of morpholine rings is 1. The lowest BCUT2D eigenvalue weighted by atomic mass is 10.1. The van der Waals surface area contributed by atoms with Gasteiger partial charge in [-0.05, 0) is 29.8 Å². The van der Waals surface area contributed by atoms with Crippen LogP contribution in [0.5, 0.6) is 5.75 Å². The summed E-state index contributed by atoms with van der Waals surface area (Å²) in [6, 6.07) is 9.81. The highest BCUT2D eigenvalue weighted by molar-refractivity contribution is 7.99. The van der Waals surface area contributed by atoms with Gasteiger partial charge in [0.1, 0.15) is 5.75 Å². The molecule has 3 rings (SSSR count). The van der Waals surface area contributed by atoms with Crippen molar-refractivity contribution in [3.8, 4) is 5.75 Å². The zero-order chi connectivity index (χ0) is 21.7. The minimum atomic E-state index is -4.68. The predicted molar refractivity (Wildman–Crippen MR) is 110 cm³/mol. The van der Waals surface area contributed by atoms with Gasteiger partial charge in [0, 0.05) is 24.1 Å². The van der Waals surface area contributed by atoms with Crippen LogP contribution < -0.4 is 4.74 Å². The molecule has 2 aromatic carbocycles.